The van der Waals surface area contributed by atoms with Gasteiger partial charge in [-0.15, -0.1) is 11.3 Å². The zero-order valence-electron chi connectivity index (χ0n) is 15.3. The van der Waals surface area contributed by atoms with Crippen molar-refractivity contribution in [1.82, 2.24) is 0 Å². The van der Waals surface area contributed by atoms with Crippen LogP contribution in [0.2, 0.25) is 0 Å². The number of fused-ring (bicyclic) bond motifs is 3. The van der Waals surface area contributed by atoms with E-state index in [2.05, 4.69) is 15.9 Å². The topological polar surface area (TPSA) is 72.6 Å². The van der Waals surface area contributed by atoms with E-state index in [4.69, 9.17) is 9.88 Å². The van der Waals surface area contributed by atoms with Crippen LogP contribution < -0.4 is 14.8 Å². The van der Waals surface area contributed by atoms with E-state index in [1.165, 1.54) is 0 Å². The summed E-state index contributed by atoms with van der Waals surface area (Å²) in [6, 6.07) is 15.7. The number of sulfonamides is 1. The van der Waals surface area contributed by atoms with Gasteiger partial charge in [-0.1, -0.05) is 24.3 Å². The molecule has 0 spiro atoms. The summed E-state index contributed by atoms with van der Waals surface area (Å²) in [6.45, 7) is 0. The van der Waals surface area contributed by atoms with Crippen molar-refractivity contribution < 1.29 is 13.2 Å². The average molecular weight is 479 g/mol. The Morgan fingerprint density at radius 3 is 2.61 bits per heavy atom. The Morgan fingerprint density at radius 1 is 1.18 bits per heavy atom. The number of halogens is 1. The van der Waals surface area contributed by atoms with Gasteiger partial charge in [-0.2, -0.15) is 0 Å². The van der Waals surface area contributed by atoms with Gasteiger partial charge in [0.2, 0.25) is 10.0 Å². The van der Waals surface area contributed by atoms with Gasteiger partial charge < -0.3 is 9.64 Å². The minimum Gasteiger partial charge on any atom is -0.479 e. The van der Waals surface area contributed by atoms with Crippen molar-refractivity contribution in [3.63, 3.8) is 0 Å². The second-order valence-corrected chi connectivity index (χ2v) is 11.0. The summed E-state index contributed by atoms with van der Waals surface area (Å²) >= 11 is 5.12. The van der Waals surface area contributed by atoms with Gasteiger partial charge in [-0.25, -0.2) is 13.6 Å². The van der Waals surface area contributed by atoms with Crippen LogP contribution >= 0.6 is 27.3 Å². The minimum atomic E-state index is -3.62. The Bertz CT molecular complexity index is 1160. The van der Waals surface area contributed by atoms with Crippen LogP contribution in [0.25, 0.3) is 11.1 Å². The van der Waals surface area contributed by atoms with Gasteiger partial charge in [-0.3, -0.25) is 0 Å². The van der Waals surface area contributed by atoms with E-state index in [1.54, 1.807) is 11.3 Å². The van der Waals surface area contributed by atoms with Gasteiger partial charge >= 0.3 is 0 Å². The maximum atomic E-state index is 11.6. The van der Waals surface area contributed by atoms with Gasteiger partial charge in [0, 0.05) is 30.9 Å². The molecule has 0 radical (unpaired) electrons. The minimum absolute atomic E-state index is 0.205. The van der Waals surface area contributed by atoms with Gasteiger partial charge in [0.05, 0.1) is 14.4 Å². The molecule has 2 N–H and O–H groups in total. The van der Waals surface area contributed by atoms with E-state index in [9.17, 15) is 8.42 Å². The summed E-state index contributed by atoms with van der Waals surface area (Å²) in [5, 5.41) is 5.26. The molecule has 0 amide bonds. The highest BCUT2D eigenvalue weighted by molar-refractivity contribution is 9.11. The largest absolute Gasteiger partial charge is 0.479 e. The third-order valence-electron chi connectivity index (χ3n) is 4.62. The molecule has 8 heteroatoms. The SMILES string of the molecule is CN(C)c1cccc2c1-c1ccc(CS(N)(=O)=O)cc1C(c1ccc(Br)s1)O2. The molecule has 0 saturated carbocycles. The molecule has 5 nitrogen and oxygen atoms in total. The van der Waals surface area contributed by atoms with Crippen LogP contribution in [0.3, 0.4) is 0 Å². The number of benzene rings is 2. The summed E-state index contributed by atoms with van der Waals surface area (Å²) < 4.78 is 30.6. The molecule has 28 heavy (non-hydrogen) atoms. The van der Waals surface area contributed by atoms with Crippen LogP contribution in [0.4, 0.5) is 5.69 Å². The Labute approximate surface area is 176 Å². The molecule has 1 atom stereocenters. The quantitative estimate of drug-likeness (QED) is 0.598. The maximum Gasteiger partial charge on any atom is 0.213 e. The van der Waals surface area contributed by atoms with Crippen LogP contribution in [-0.4, -0.2) is 22.5 Å². The van der Waals surface area contributed by atoms with Crippen molar-refractivity contribution in [2.45, 2.75) is 11.9 Å². The summed E-state index contributed by atoms with van der Waals surface area (Å²) in [6.07, 6.45) is -0.309. The number of hydrogen-bond donors (Lipinski definition) is 1. The van der Waals surface area contributed by atoms with Crippen molar-refractivity contribution in [3.05, 3.63) is 68.3 Å². The second kappa shape index (κ2) is 7.18. The fourth-order valence-corrected chi connectivity index (χ4v) is 5.63. The molecular formula is C20H19BrN2O3S2. The lowest BCUT2D eigenvalue weighted by molar-refractivity contribution is 0.247. The van der Waals surface area contributed by atoms with E-state index >= 15 is 0 Å². The third-order valence-corrected chi connectivity index (χ3v) is 7.02. The smallest absolute Gasteiger partial charge is 0.213 e. The Hall–Kier alpha value is -1.87. The lowest BCUT2D eigenvalue weighted by atomic mass is 9.89. The highest BCUT2D eigenvalue weighted by Crippen LogP contribution is 2.50. The van der Waals surface area contributed by atoms with Crippen molar-refractivity contribution in [3.8, 4) is 16.9 Å². The molecule has 1 aromatic heterocycles. The van der Waals surface area contributed by atoms with E-state index in [0.717, 1.165) is 36.8 Å². The van der Waals surface area contributed by atoms with E-state index in [0.29, 0.717) is 5.56 Å². The number of nitrogens with zero attached hydrogens (tertiary/aromatic N) is 1. The molecule has 0 fully saturated rings. The standard InChI is InChI=1S/C20H19BrN2O3S2/c1-23(2)15-4-3-5-16-19(15)13-7-6-12(11-28(22,24)25)10-14(13)20(26-16)17-8-9-18(21)27-17/h3-10,20H,11H2,1-2H3,(H2,22,24,25). The van der Waals surface area contributed by atoms with Crippen LogP contribution in [-0.2, 0) is 15.8 Å². The molecule has 2 heterocycles. The number of rotatable bonds is 4. The maximum absolute atomic E-state index is 11.6. The number of primary sulfonamides is 1. The van der Waals surface area contributed by atoms with Crippen LogP contribution in [0.5, 0.6) is 5.75 Å². The molecule has 0 aliphatic carbocycles. The van der Waals surface area contributed by atoms with E-state index in [1.807, 2.05) is 67.5 Å². The van der Waals surface area contributed by atoms with Crippen molar-refractivity contribution >= 4 is 43.0 Å². The van der Waals surface area contributed by atoms with Gasteiger partial charge in [0.1, 0.15) is 5.75 Å². The van der Waals surface area contributed by atoms with Crippen LogP contribution in [0, 0.1) is 0 Å². The first-order valence-corrected chi connectivity index (χ1v) is 11.9. The zero-order chi connectivity index (χ0) is 20.1. The molecule has 0 bridgehead atoms. The highest BCUT2D eigenvalue weighted by Gasteiger charge is 2.31. The van der Waals surface area contributed by atoms with Crippen LogP contribution in [0.1, 0.15) is 22.1 Å². The number of anilines is 1. The molecule has 0 saturated heterocycles. The lowest BCUT2D eigenvalue weighted by Gasteiger charge is -2.31. The Balaban J connectivity index is 1.94. The predicted molar refractivity (Wildman–Crippen MR) is 118 cm³/mol. The lowest BCUT2D eigenvalue weighted by Crippen LogP contribution is -2.19. The number of nitrogens with two attached hydrogens (primary N) is 1. The first-order valence-electron chi connectivity index (χ1n) is 8.59. The first-order chi connectivity index (χ1) is 13.2. The molecular weight excluding hydrogens is 460 g/mol. The van der Waals surface area contributed by atoms with Gasteiger partial charge in [-0.05, 0) is 51.3 Å². The van der Waals surface area contributed by atoms with Crippen molar-refractivity contribution in [2.24, 2.45) is 5.14 Å². The van der Waals surface area contributed by atoms with Crippen LogP contribution in [0.15, 0.2) is 52.3 Å². The summed E-state index contributed by atoms with van der Waals surface area (Å²) in [4.78, 5) is 3.09. The number of thiophene rings is 1. The first kappa shape index (κ1) is 19.4. The van der Waals surface area contributed by atoms with Crippen molar-refractivity contribution in [1.29, 1.82) is 0 Å². The molecule has 4 rings (SSSR count). The normalized spacial score (nSPS) is 15.5. The molecule has 3 aromatic rings. The summed E-state index contributed by atoms with van der Waals surface area (Å²) in [5.74, 6) is 0.607. The average Bonchev–Trinajstić information content (AvgIpc) is 3.05. The molecule has 2 aromatic carbocycles. The number of ether oxygens (including phenoxy) is 1. The van der Waals surface area contributed by atoms with Gasteiger partial charge in [0.25, 0.3) is 0 Å². The highest BCUT2D eigenvalue weighted by atomic mass is 79.9. The van der Waals surface area contributed by atoms with Crippen molar-refractivity contribution in [2.75, 3.05) is 19.0 Å². The monoisotopic (exact) mass is 478 g/mol. The van der Waals surface area contributed by atoms with E-state index in [-0.39, 0.29) is 11.9 Å². The Kier molecular flexibility index (Phi) is 4.99. The zero-order valence-corrected chi connectivity index (χ0v) is 18.6. The fourth-order valence-electron chi connectivity index (χ4n) is 3.51. The fraction of sp³-hybridized carbons (Fsp3) is 0.200. The number of hydrogen-bond acceptors (Lipinski definition) is 5. The summed E-state index contributed by atoms with van der Waals surface area (Å²) in [5.41, 5.74) is 4.69. The molecule has 1 unspecified atom stereocenters. The predicted octanol–water partition coefficient (Wildman–Crippen LogP) is 4.51. The molecule has 1 aliphatic heterocycles. The molecule has 1 aliphatic rings. The summed E-state index contributed by atoms with van der Waals surface area (Å²) in [7, 11) is 0.369. The van der Waals surface area contributed by atoms with E-state index < -0.39 is 10.0 Å². The van der Waals surface area contributed by atoms with Gasteiger partial charge in [0.15, 0.2) is 6.10 Å². The Morgan fingerprint density at radius 2 is 1.96 bits per heavy atom. The third kappa shape index (κ3) is 3.69. The second-order valence-electron chi connectivity index (χ2n) is 6.91. The molecule has 146 valence electrons.